The summed E-state index contributed by atoms with van der Waals surface area (Å²) in [5.41, 5.74) is 0.0133. The second-order valence-corrected chi connectivity index (χ2v) is 4.46. The SMILES string of the molecule is C[C@H](OC(=O)c1cccc[n+]1[O-])C(=O)Nc1cccc(F)c1. The Morgan fingerprint density at radius 1 is 1.27 bits per heavy atom. The summed E-state index contributed by atoms with van der Waals surface area (Å²) < 4.78 is 18.3. The van der Waals surface area contributed by atoms with Crippen LogP contribution in [0.25, 0.3) is 0 Å². The summed E-state index contributed by atoms with van der Waals surface area (Å²) in [7, 11) is 0. The summed E-state index contributed by atoms with van der Waals surface area (Å²) in [4.78, 5) is 23.7. The van der Waals surface area contributed by atoms with Crippen LogP contribution in [0.3, 0.4) is 0 Å². The van der Waals surface area contributed by atoms with Crippen molar-refractivity contribution in [1.82, 2.24) is 0 Å². The number of anilines is 1. The van der Waals surface area contributed by atoms with Crippen molar-refractivity contribution in [2.24, 2.45) is 0 Å². The van der Waals surface area contributed by atoms with Crippen LogP contribution in [0.15, 0.2) is 48.7 Å². The number of esters is 1. The molecule has 1 aromatic carbocycles. The third kappa shape index (κ3) is 3.78. The van der Waals surface area contributed by atoms with Gasteiger partial charge in [-0.3, -0.25) is 4.79 Å². The van der Waals surface area contributed by atoms with E-state index in [0.29, 0.717) is 4.73 Å². The van der Waals surface area contributed by atoms with Crippen LogP contribution in [0, 0.1) is 11.0 Å². The molecule has 0 aliphatic heterocycles. The fourth-order valence-electron chi connectivity index (χ4n) is 1.67. The molecule has 7 heteroatoms. The molecule has 0 saturated heterocycles. The average molecular weight is 304 g/mol. The van der Waals surface area contributed by atoms with E-state index in [9.17, 15) is 19.2 Å². The van der Waals surface area contributed by atoms with Gasteiger partial charge in [-0.15, -0.1) is 0 Å². The van der Waals surface area contributed by atoms with E-state index in [-0.39, 0.29) is 11.4 Å². The van der Waals surface area contributed by atoms with Crippen LogP contribution in [0.1, 0.15) is 17.4 Å². The monoisotopic (exact) mass is 304 g/mol. The number of hydrogen-bond donors (Lipinski definition) is 1. The number of halogens is 1. The Morgan fingerprint density at radius 3 is 2.73 bits per heavy atom. The Hall–Kier alpha value is -2.96. The Bertz CT molecular complexity index is 705. The number of rotatable bonds is 4. The molecule has 22 heavy (non-hydrogen) atoms. The van der Waals surface area contributed by atoms with Gasteiger partial charge < -0.3 is 15.3 Å². The van der Waals surface area contributed by atoms with Crippen LogP contribution >= 0.6 is 0 Å². The van der Waals surface area contributed by atoms with E-state index < -0.39 is 23.8 Å². The molecule has 0 aliphatic carbocycles. The molecule has 0 spiro atoms. The summed E-state index contributed by atoms with van der Waals surface area (Å²) >= 11 is 0. The van der Waals surface area contributed by atoms with Crippen molar-refractivity contribution in [3.63, 3.8) is 0 Å². The second-order valence-electron chi connectivity index (χ2n) is 4.46. The van der Waals surface area contributed by atoms with E-state index in [2.05, 4.69) is 5.32 Å². The minimum atomic E-state index is -1.14. The number of nitrogens with one attached hydrogen (secondary N) is 1. The molecule has 1 aromatic heterocycles. The third-order valence-corrected chi connectivity index (χ3v) is 2.78. The van der Waals surface area contributed by atoms with E-state index in [1.165, 1.54) is 43.3 Å². The summed E-state index contributed by atoms with van der Waals surface area (Å²) in [5, 5.41) is 13.8. The standard InChI is InChI=1S/C15H13FN2O4/c1-10(14(19)17-12-6-4-5-11(16)9-12)22-15(20)13-7-2-3-8-18(13)21/h2-10H,1H3,(H,17,19)/t10-/m0/s1. The van der Waals surface area contributed by atoms with Crippen LogP contribution in [0.4, 0.5) is 10.1 Å². The van der Waals surface area contributed by atoms with Crippen LogP contribution in [0.5, 0.6) is 0 Å². The van der Waals surface area contributed by atoms with Gasteiger partial charge in [0.1, 0.15) is 5.82 Å². The Morgan fingerprint density at radius 2 is 2.05 bits per heavy atom. The van der Waals surface area contributed by atoms with Crippen LogP contribution in [-0.4, -0.2) is 18.0 Å². The minimum absolute atomic E-state index is 0.229. The molecule has 0 aliphatic rings. The highest BCUT2D eigenvalue weighted by molar-refractivity contribution is 5.96. The topological polar surface area (TPSA) is 82.3 Å². The molecule has 2 rings (SSSR count). The van der Waals surface area contributed by atoms with Gasteiger partial charge >= 0.3 is 11.7 Å². The summed E-state index contributed by atoms with van der Waals surface area (Å²) in [6, 6.07) is 9.56. The van der Waals surface area contributed by atoms with Crippen LogP contribution < -0.4 is 10.0 Å². The van der Waals surface area contributed by atoms with Crippen molar-refractivity contribution >= 4 is 17.6 Å². The number of aromatic nitrogens is 1. The normalized spacial score (nSPS) is 11.5. The van der Waals surface area contributed by atoms with Gasteiger partial charge in [0.2, 0.25) is 0 Å². The van der Waals surface area contributed by atoms with Crippen molar-refractivity contribution < 1.29 is 23.4 Å². The van der Waals surface area contributed by atoms with Gasteiger partial charge in [0, 0.05) is 17.8 Å². The second kappa shape index (κ2) is 6.66. The molecule has 0 radical (unpaired) electrons. The lowest BCUT2D eigenvalue weighted by atomic mass is 10.3. The van der Waals surface area contributed by atoms with Gasteiger partial charge in [-0.25, -0.2) is 9.18 Å². The molecular formula is C15H13FN2O4. The highest BCUT2D eigenvalue weighted by Crippen LogP contribution is 2.10. The number of amides is 1. The van der Waals surface area contributed by atoms with Gasteiger partial charge in [0.15, 0.2) is 12.3 Å². The van der Waals surface area contributed by atoms with Gasteiger partial charge in [0.25, 0.3) is 5.91 Å². The predicted molar refractivity (Wildman–Crippen MR) is 75.3 cm³/mol. The van der Waals surface area contributed by atoms with E-state index in [1.54, 1.807) is 0 Å². The van der Waals surface area contributed by atoms with E-state index >= 15 is 0 Å². The number of carbonyl (C=O) groups is 2. The summed E-state index contributed by atoms with van der Waals surface area (Å²) in [6.07, 6.45) is 0.00428. The first-order valence-electron chi connectivity index (χ1n) is 6.43. The van der Waals surface area contributed by atoms with Gasteiger partial charge in [-0.1, -0.05) is 6.07 Å². The smallest absolute Gasteiger partial charge is 0.405 e. The van der Waals surface area contributed by atoms with Gasteiger partial charge in [-0.2, -0.15) is 4.73 Å². The minimum Gasteiger partial charge on any atom is -0.618 e. The third-order valence-electron chi connectivity index (χ3n) is 2.78. The summed E-state index contributed by atoms with van der Waals surface area (Å²) in [6.45, 7) is 1.35. The van der Waals surface area contributed by atoms with Crippen LogP contribution in [-0.2, 0) is 9.53 Å². The highest BCUT2D eigenvalue weighted by atomic mass is 19.1. The first kappa shape index (κ1) is 15.4. The quantitative estimate of drug-likeness (QED) is 0.529. The molecule has 1 amide bonds. The molecule has 6 nitrogen and oxygen atoms in total. The largest absolute Gasteiger partial charge is 0.618 e. The maximum atomic E-state index is 13.0. The highest BCUT2D eigenvalue weighted by Gasteiger charge is 2.23. The van der Waals surface area contributed by atoms with E-state index in [1.807, 2.05) is 0 Å². The zero-order chi connectivity index (χ0) is 16.1. The van der Waals surface area contributed by atoms with Gasteiger partial charge in [0.05, 0.1) is 0 Å². The number of benzene rings is 1. The molecule has 1 heterocycles. The Balaban J connectivity index is 1.99. The molecule has 0 fully saturated rings. The molecule has 0 unspecified atom stereocenters. The maximum Gasteiger partial charge on any atom is 0.405 e. The van der Waals surface area contributed by atoms with Crippen molar-refractivity contribution in [3.8, 4) is 0 Å². The number of nitrogens with zero attached hydrogens (tertiary/aromatic N) is 1. The fourth-order valence-corrected chi connectivity index (χ4v) is 1.67. The van der Waals surface area contributed by atoms with Crippen molar-refractivity contribution in [1.29, 1.82) is 0 Å². The Kier molecular flexibility index (Phi) is 4.67. The summed E-state index contributed by atoms with van der Waals surface area (Å²) in [5.74, 6) is -2.05. The molecule has 1 N–H and O–H groups in total. The van der Waals surface area contributed by atoms with E-state index in [0.717, 1.165) is 12.3 Å². The molecule has 1 atom stereocenters. The van der Waals surface area contributed by atoms with Crippen molar-refractivity contribution in [3.05, 3.63) is 65.4 Å². The molecule has 114 valence electrons. The predicted octanol–water partition coefficient (Wildman–Crippen LogP) is 1.64. The lowest BCUT2D eigenvalue weighted by Gasteiger charge is -2.13. The lowest BCUT2D eigenvalue weighted by Crippen LogP contribution is -2.37. The lowest BCUT2D eigenvalue weighted by molar-refractivity contribution is -0.608. The zero-order valence-corrected chi connectivity index (χ0v) is 11.7. The average Bonchev–Trinajstić information content (AvgIpc) is 2.47. The molecule has 2 aromatic rings. The van der Waals surface area contributed by atoms with E-state index in [4.69, 9.17) is 4.74 Å². The maximum absolute atomic E-state index is 13.0. The zero-order valence-electron chi connectivity index (χ0n) is 11.7. The first-order chi connectivity index (χ1) is 10.5. The van der Waals surface area contributed by atoms with Gasteiger partial charge in [-0.05, 0) is 31.2 Å². The Labute approximate surface area is 125 Å². The molecule has 0 bridgehead atoms. The molecular weight excluding hydrogens is 291 g/mol. The number of ether oxygens (including phenoxy) is 1. The first-order valence-corrected chi connectivity index (χ1v) is 6.43. The number of carbonyl (C=O) groups excluding carboxylic acids is 2. The van der Waals surface area contributed by atoms with Crippen LogP contribution in [0.2, 0.25) is 0 Å². The van der Waals surface area contributed by atoms with Crippen molar-refractivity contribution in [2.75, 3.05) is 5.32 Å². The number of hydrogen-bond acceptors (Lipinski definition) is 4. The fraction of sp³-hybridized carbons (Fsp3) is 0.133. The van der Waals surface area contributed by atoms with Crippen molar-refractivity contribution in [2.45, 2.75) is 13.0 Å². The molecule has 0 saturated carbocycles. The number of pyridine rings is 1.